The Labute approximate surface area is 66.7 Å². The minimum Gasteiger partial charge on any atom is -0.509 e. The molecule has 0 saturated heterocycles. The van der Waals surface area contributed by atoms with Crippen molar-refractivity contribution in [3.8, 4) is 0 Å². The van der Waals surface area contributed by atoms with Crippen LogP contribution in [0.3, 0.4) is 0 Å². The fourth-order valence-corrected chi connectivity index (χ4v) is 0.514. The van der Waals surface area contributed by atoms with E-state index < -0.39 is 0 Å². The summed E-state index contributed by atoms with van der Waals surface area (Å²) in [7, 11) is 0. The first-order valence-electron chi connectivity index (χ1n) is 3.70. The van der Waals surface area contributed by atoms with Crippen LogP contribution in [0, 0.1) is 0 Å². The summed E-state index contributed by atoms with van der Waals surface area (Å²) in [6.45, 7) is 3.58. The molecule has 0 atom stereocenters. The van der Waals surface area contributed by atoms with Gasteiger partial charge in [-0.3, -0.25) is 4.79 Å². The molecule has 0 fully saturated rings. The summed E-state index contributed by atoms with van der Waals surface area (Å²) in [5, 5.41) is 8.86. The molecular formula is C8H14O3. The highest BCUT2D eigenvalue weighted by atomic mass is 16.5. The Morgan fingerprint density at radius 3 is 2.73 bits per heavy atom. The van der Waals surface area contributed by atoms with Crippen LogP contribution in [-0.4, -0.2) is 17.7 Å². The zero-order valence-electron chi connectivity index (χ0n) is 6.96. The number of carbonyl (C=O) groups is 1. The Morgan fingerprint density at radius 1 is 1.64 bits per heavy atom. The summed E-state index contributed by atoms with van der Waals surface area (Å²) in [5.41, 5.74) is 0. The third-order valence-electron chi connectivity index (χ3n) is 1.17. The maximum Gasteiger partial charge on any atom is 0.306 e. The van der Waals surface area contributed by atoms with Crippen molar-refractivity contribution in [2.45, 2.75) is 26.7 Å². The number of rotatable bonds is 4. The van der Waals surface area contributed by atoms with E-state index in [1.807, 2.05) is 6.92 Å². The first kappa shape index (κ1) is 10.0. The van der Waals surface area contributed by atoms with Crippen LogP contribution < -0.4 is 0 Å². The van der Waals surface area contributed by atoms with E-state index in [1.165, 1.54) is 6.08 Å². The van der Waals surface area contributed by atoms with Crippen LogP contribution in [0.4, 0.5) is 0 Å². The van der Waals surface area contributed by atoms with Gasteiger partial charge in [-0.15, -0.1) is 0 Å². The summed E-state index contributed by atoms with van der Waals surface area (Å²) >= 11 is 0. The van der Waals surface area contributed by atoms with Gasteiger partial charge >= 0.3 is 5.97 Å². The molecule has 0 aliphatic rings. The Hall–Kier alpha value is -0.990. The number of carbonyl (C=O) groups excluding carboxylic acids is 1. The molecule has 0 bridgehead atoms. The minimum absolute atomic E-state index is 0.00463. The number of allylic oxidation sites excluding steroid dienone is 1. The highest BCUT2D eigenvalue weighted by molar-refractivity contribution is 5.69. The molecule has 0 aliphatic heterocycles. The number of aliphatic hydroxyl groups excluding tert-OH is 1. The molecule has 0 saturated carbocycles. The van der Waals surface area contributed by atoms with E-state index in [4.69, 9.17) is 5.11 Å². The van der Waals surface area contributed by atoms with Gasteiger partial charge in [-0.05, 0) is 19.4 Å². The van der Waals surface area contributed by atoms with Crippen LogP contribution in [0.5, 0.6) is 0 Å². The molecule has 0 aromatic rings. The molecule has 1 N–H and O–H groups in total. The highest BCUT2D eigenvalue weighted by Crippen LogP contribution is 1.94. The van der Waals surface area contributed by atoms with Crippen molar-refractivity contribution in [1.82, 2.24) is 0 Å². The van der Waals surface area contributed by atoms with Gasteiger partial charge in [-0.1, -0.05) is 6.92 Å². The lowest BCUT2D eigenvalue weighted by molar-refractivity contribution is -0.143. The van der Waals surface area contributed by atoms with Crippen molar-refractivity contribution >= 4 is 5.97 Å². The van der Waals surface area contributed by atoms with Gasteiger partial charge in [-0.2, -0.15) is 0 Å². The first-order valence-corrected chi connectivity index (χ1v) is 3.70. The van der Waals surface area contributed by atoms with E-state index in [9.17, 15) is 4.79 Å². The van der Waals surface area contributed by atoms with Crippen LogP contribution >= 0.6 is 0 Å². The lowest BCUT2D eigenvalue weighted by Gasteiger charge is -2.01. The fourth-order valence-electron chi connectivity index (χ4n) is 0.514. The van der Waals surface area contributed by atoms with Crippen molar-refractivity contribution in [2.75, 3.05) is 6.61 Å². The Kier molecular flexibility index (Phi) is 5.25. The lowest BCUT2D eigenvalue weighted by Crippen LogP contribution is -2.06. The summed E-state index contributed by atoms with van der Waals surface area (Å²) in [4.78, 5) is 10.7. The van der Waals surface area contributed by atoms with Crippen LogP contribution in [0.15, 0.2) is 11.8 Å². The predicted octanol–water partition coefficient (Wildman–Crippen LogP) is 1.79. The fraction of sp³-hybridized carbons (Fsp3) is 0.625. The number of hydrogen-bond donors (Lipinski definition) is 1. The molecule has 0 rings (SSSR count). The van der Waals surface area contributed by atoms with Gasteiger partial charge in [0.1, 0.15) is 12.4 Å². The predicted molar refractivity (Wildman–Crippen MR) is 42.3 cm³/mol. The SMILES string of the molecule is CC=C(O)COC(=O)CCC. The average Bonchev–Trinajstić information content (AvgIpc) is 2.01. The second kappa shape index (κ2) is 5.77. The number of esters is 1. The van der Waals surface area contributed by atoms with E-state index in [-0.39, 0.29) is 18.3 Å². The highest BCUT2D eigenvalue weighted by Gasteiger charge is 2.00. The number of hydrogen-bond acceptors (Lipinski definition) is 3. The summed E-state index contributed by atoms with van der Waals surface area (Å²) in [6.07, 6.45) is 2.69. The second-order valence-electron chi connectivity index (χ2n) is 2.19. The molecule has 3 nitrogen and oxygen atoms in total. The summed E-state index contributed by atoms with van der Waals surface area (Å²) < 4.78 is 4.68. The first-order chi connectivity index (χ1) is 5.20. The summed E-state index contributed by atoms with van der Waals surface area (Å²) in [5.74, 6) is -0.171. The molecular weight excluding hydrogens is 144 g/mol. The van der Waals surface area contributed by atoms with Crippen molar-refractivity contribution < 1.29 is 14.6 Å². The molecule has 3 heteroatoms. The van der Waals surface area contributed by atoms with E-state index in [0.29, 0.717) is 6.42 Å². The molecule has 0 spiro atoms. The van der Waals surface area contributed by atoms with Crippen LogP contribution in [0.25, 0.3) is 0 Å². The second-order valence-corrected chi connectivity index (χ2v) is 2.19. The summed E-state index contributed by atoms with van der Waals surface area (Å²) in [6, 6.07) is 0. The molecule has 0 unspecified atom stereocenters. The van der Waals surface area contributed by atoms with Gasteiger partial charge in [0.15, 0.2) is 0 Å². The van der Waals surface area contributed by atoms with Gasteiger partial charge in [0.2, 0.25) is 0 Å². The third-order valence-corrected chi connectivity index (χ3v) is 1.17. The normalized spacial score (nSPS) is 11.3. The largest absolute Gasteiger partial charge is 0.509 e. The quantitative estimate of drug-likeness (QED) is 0.501. The van der Waals surface area contributed by atoms with Gasteiger partial charge in [0, 0.05) is 6.42 Å². The maximum absolute atomic E-state index is 10.7. The smallest absolute Gasteiger partial charge is 0.306 e. The van der Waals surface area contributed by atoms with E-state index in [0.717, 1.165) is 6.42 Å². The zero-order chi connectivity index (χ0) is 8.69. The average molecular weight is 158 g/mol. The standard InChI is InChI=1S/C8H14O3/c1-3-5-8(10)11-6-7(9)4-2/h4,9H,3,5-6H2,1-2H3. The molecule has 0 radical (unpaired) electrons. The number of ether oxygens (including phenoxy) is 1. The molecule has 0 amide bonds. The molecule has 0 aromatic heterocycles. The monoisotopic (exact) mass is 158 g/mol. The van der Waals surface area contributed by atoms with E-state index in [2.05, 4.69) is 4.74 Å². The Bertz CT molecular complexity index is 149. The van der Waals surface area contributed by atoms with E-state index >= 15 is 0 Å². The third kappa shape index (κ3) is 5.45. The topological polar surface area (TPSA) is 46.5 Å². The van der Waals surface area contributed by atoms with E-state index in [1.54, 1.807) is 6.92 Å². The number of aliphatic hydroxyl groups is 1. The molecule has 0 aliphatic carbocycles. The maximum atomic E-state index is 10.7. The Balaban J connectivity index is 3.46. The van der Waals surface area contributed by atoms with Crippen molar-refractivity contribution in [3.63, 3.8) is 0 Å². The van der Waals surface area contributed by atoms with Gasteiger partial charge < -0.3 is 9.84 Å². The molecule has 64 valence electrons. The van der Waals surface area contributed by atoms with Crippen LogP contribution in [0.1, 0.15) is 26.7 Å². The zero-order valence-corrected chi connectivity index (χ0v) is 6.96. The van der Waals surface area contributed by atoms with Crippen LogP contribution in [0.2, 0.25) is 0 Å². The van der Waals surface area contributed by atoms with Crippen molar-refractivity contribution in [2.24, 2.45) is 0 Å². The molecule has 0 aromatic carbocycles. The van der Waals surface area contributed by atoms with Gasteiger partial charge in [-0.25, -0.2) is 0 Å². The molecule has 0 heterocycles. The Morgan fingerprint density at radius 2 is 2.27 bits per heavy atom. The molecule has 11 heavy (non-hydrogen) atoms. The lowest BCUT2D eigenvalue weighted by atomic mass is 10.3. The van der Waals surface area contributed by atoms with Crippen molar-refractivity contribution in [1.29, 1.82) is 0 Å². The minimum atomic E-state index is -0.263. The van der Waals surface area contributed by atoms with Crippen LogP contribution in [-0.2, 0) is 9.53 Å². The van der Waals surface area contributed by atoms with Gasteiger partial charge in [0.25, 0.3) is 0 Å². The van der Waals surface area contributed by atoms with Gasteiger partial charge in [0.05, 0.1) is 0 Å². The van der Waals surface area contributed by atoms with Crippen molar-refractivity contribution in [3.05, 3.63) is 11.8 Å².